The van der Waals surface area contributed by atoms with Gasteiger partial charge in [0.1, 0.15) is 0 Å². The molecule has 1 heterocycles. The van der Waals surface area contributed by atoms with E-state index in [1.165, 1.54) is 22.8 Å². The Labute approximate surface area is 80.4 Å². The number of ether oxygens (including phenoxy) is 1. The zero-order valence-corrected chi connectivity index (χ0v) is 8.06. The average molecular weight is 201 g/mol. The number of amidine groups is 1. The first-order chi connectivity index (χ1) is 6.15. The predicted octanol–water partition coefficient (Wildman–Crippen LogP) is 0.291. The van der Waals surface area contributed by atoms with E-state index < -0.39 is 5.97 Å². The molecule has 0 amide bonds. The first-order valence-electron chi connectivity index (χ1n) is 3.78. The van der Waals surface area contributed by atoms with Gasteiger partial charge >= 0.3 is 5.97 Å². The number of nitrogens with one attached hydrogen (secondary N) is 1. The first-order valence-corrected chi connectivity index (χ1v) is 4.77. The van der Waals surface area contributed by atoms with Crippen molar-refractivity contribution in [1.82, 2.24) is 5.01 Å². The summed E-state index contributed by atoms with van der Waals surface area (Å²) in [7, 11) is 0. The van der Waals surface area contributed by atoms with Crippen LogP contribution < -0.4 is 5.84 Å². The number of hydrazine groups is 1. The zero-order valence-electron chi connectivity index (χ0n) is 7.24. The van der Waals surface area contributed by atoms with Gasteiger partial charge in [-0.15, -0.1) is 0 Å². The van der Waals surface area contributed by atoms with Gasteiger partial charge in [-0.3, -0.25) is 10.4 Å². The third kappa shape index (κ3) is 2.46. The van der Waals surface area contributed by atoms with E-state index >= 15 is 0 Å². The van der Waals surface area contributed by atoms with Gasteiger partial charge < -0.3 is 4.74 Å². The summed E-state index contributed by atoms with van der Waals surface area (Å²) in [5, 5.41) is 8.73. The lowest BCUT2D eigenvalue weighted by Crippen LogP contribution is -2.30. The zero-order chi connectivity index (χ0) is 9.84. The molecule has 0 radical (unpaired) electrons. The van der Waals surface area contributed by atoms with Crippen molar-refractivity contribution in [2.45, 2.75) is 6.92 Å². The van der Waals surface area contributed by atoms with Gasteiger partial charge in [0.15, 0.2) is 5.17 Å². The van der Waals surface area contributed by atoms with Gasteiger partial charge in [-0.25, -0.2) is 10.6 Å². The third-order valence-electron chi connectivity index (χ3n) is 1.46. The van der Waals surface area contributed by atoms with Gasteiger partial charge in [-0.05, 0) is 6.92 Å². The van der Waals surface area contributed by atoms with Crippen LogP contribution in [0.25, 0.3) is 0 Å². The Kier molecular flexibility index (Phi) is 3.32. The van der Waals surface area contributed by atoms with Crippen molar-refractivity contribution in [3.63, 3.8) is 0 Å². The summed E-state index contributed by atoms with van der Waals surface area (Å²) >= 11 is 1.28. The van der Waals surface area contributed by atoms with E-state index in [0.717, 1.165) is 0 Å². The molecule has 72 valence electrons. The van der Waals surface area contributed by atoms with E-state index in [2.05, 4.69) is 0 Å². The summed E-state index contributed by atoms with van der Waals surface area (Å²) < 4.78 is 4.71. The lowest BCUT2D eigenvalue weighted by atomic mass is 10.4. The molecule has 0 atom stereocenters. The molecule has 0 bridgehead atoms. The van der Waals surface area contributed by atoms with E-state index in [-0.39, 0.29) is 5.17 Å². The fourth-order valence-electron chi connectivity index (χ4n) is 0.843. The number of rotatable bonds is 2. The molecule has 1 rings (SSSR count). The van der Waals surface area contributed by atoms with Crippen LogP contribution in [0, 0.1) is 5.41 Å². The molecule has 0 aromatic carbocycles. The molecule has 1 saturated heterocycles. The molecule has 5 nitrogen and oxygen atoms in total. The monoisotopic (exact) mass is 201 g/mol. The number of carbonyl (C=O) groups is 1. The largest absolute Gasteiger partial charge is 0.463 e. The molecule has 3 N–H and O–H groups in total. The van der Waals surface area contributed by atoms with Crippen LogP contribution in [0.2, 0.25) is 0 Å². The number of hydrogen-bond donors (Lipinski definition) is 2. The molecule has 1 aliphatic rings. The number of hydrogen-bond acceptors (Lipinski definition) is 5. The maximum atomic E-state index is 11.0. The Hall–Kier alpha value is -1.01. The molecule has 1 fully saturated rings. The molecule has 0 aromatic heterocycles. The number of esters is 1. The second-order valence-electron chi connectivity index (χ2n) is 2.35. The van der Waals surface area contributed by atoms with Crippen LogP contribution in [0.1, 0.15) is 6.92 Å². The summed E-state index contributed by atoms with van der Waals surface area (Å²) in [5.74, 6) is 5.61. The van der Waals surface area contributed by atoms with Crippen LogP contribution in [-0.4, -0.2) is 28.5 Å². The van der Waals surface area contributed by atoms with Crippen molar-refractivity contribution in [2.75, 3.05) is 12.4 Å². The van der Waals surface area contributed by atoms with E-state index in [4.69, 9.17) is 16.0 Å². The lowest BCUT2D eigenvalue weighted by Gasteiger charge is -2.09. The Morgan fingerprint density at radius 2 is 2.62 bits per heavy atom. The molecule has 6 heteroatoms. The van der Waals surface area contributed by atoms with Crippen LogP contribution >= 0.6 is 11.8 Å². The van der Waals surface area contributed by atoms with E-state index in [1.54, 1.807) is 6.92 Å². The number of carbonyl (C=O) groups excluding carboxylic acids is 1. The molecule has 1 aliphatic heterocycles. The molecule has 0 saturated carbocycles. The normalized spacial score (nSPS) is 19.7. The van der Waals surface area contributed by atoms with Crippen LogP contribution in [-0.2, 0) is 9.53 Å². The van der Waals surface area contributed by atoms with E-state index in [1.807, 2.05) is 0 Å². The SMILES string of the molecule is CCOC(=O)/C=C1\CSC(=N)N1N. The van der Waals surface area contributed by atoms with Gasteiger partial charge in [0.25, 0.3) is 0 Å². The van der Waals surface area contributed by atoms with Crippen molar-refractivity contribution in [3.05, 3.63) is 11.8 Å². The molecular weight excluding hydrogens is 190 g/mol. The van der Waals surface area contributed by atoms with Crippen LogP contribution in [0.4, 0.5) is 0 Å². The fourth-order valence-corrected chi connectivity index (χ4v) is 1.61. The van der Waals surface area contributed by atoms with Gasteiger partial charge in [0, 0.05) is 11.8 Å². The standard InChI is InChI=1S/C7H11N3O2S/c1-2-12-6(11)3-5-4-13-7(8)10(5)9/h3,8H,2,4,9H2,1H3/b5-3+,8-7?. The predicted molar refractivity (Wildman–Crippen MR) is 50.9 cm³/mol. The minimum atomic E-state index is -0.414. The van der Waals surface area contributed by atoms with Crippen LogP contribution in [0.3, 0.4) is 0 Å². The molecule has 13 heavy (non-hydrogen) atoms. The number of thioether (sulfide) groups is 1. The van der Waals surface area contributed by atoms with Crippen LogP contribution in [0.5, 0.6) is 0 Å². The summed E-state index contributed by atoms with van der Waals surface area (Å²) in [6.45, 7) is 2.08. The smallest absolute Gasteiger partial charge is 0.332 e. The Balaban J connectivity index is 2.61. The highest BCUT2D eigenvalue weighted by molar-refractivity contribution is 8.14. The molecule has 0 aromatic rings. The van der Waals surface area contributed by atoms with Crippen molar-refractivity contribution in [1.29, 1.82) is 5.41 Å². The molecule has 0 aliphatic carbocycles. The molecular formula is C7H11N3O2S. The van der Waals surface area contributed by atoms with Gasteiger partial charge in [0.05, 0.1) is 12.3 Å². The summed E-state index contributed by atoms with van der Waals surface area (Å²) in [6.07, 6.45) is 1.32. The minimum Gasteiger partial charge on any atom is -0.463 e. The quantitative estimate of drug-likeness (QED) is 0.381. The maximum Gasteiger partial charge on any atom is 0.332 e. The molecule has 0 unspecified atom stereocenters. The van der Waals surface area contributed by atoms with E-state index in [9.17, 15) is 4.79 Å². The van der Waals surface area contributed by atoms with Crippen molar-refractivity contribution in [3.8, 4) is 0 Å². The van der Waals surface area contributed by atoms with Gasteiger partial charge in [-0.2, -0.15) is 0 Å². The third-order valence-corrected chi connectivity index (χ3v) is 2.37. The highest BCUT2D eigenvalue weighted by Gasteiger charge is 2.21. The summed E-state index contributed by atoms with van der Waals surface area (Å²) in [6, 6.07) is 0. The van der Waals surface area contributed by atoms with Crippen molar-refractivity contribution >= 4 is 22.9 Å². The van der Waals surface area contributed by atoms with Crippen LogP contribution in [0.15, 0.2) is 11.8 Å². The van der Waals surface area contributed by atoms with E-state index in [0.29, 0.717) is 18.1 Å². The van der Waals surface area contributed by atoms with Crippen molar-refractivity contribution < 1.29 is 9.53 Å². The Bertz CT molecular complexity index is 264. The second-order valence-corrected chi connectivity index (χ2v) is 3.32. The summed E-state index contributed by atoms with van der Waals surface area (Å²) in [4.78, 5) is 11.0. The Morgan fingerprint density at radius 1 is 1.92 bits per heavy atom. The minimum absolute atomic E-state index is 0.246. The van der Waals surface area contributed by atoms with Gasteiger partial charge in [0.2, 0.25) is 0 Å². The number of nitrogens with zero attached hydrogens (tertiary/aromatic N) is 1. The summed E-state index contributed by atoms with van der Waals surface area (Å²) in [5.41, 5.74) is 0.605. The van der Waals surface area contributed by atoms with Gasteiger partial charge in [-0.1, -0.05) is 11.8 Å². The molecule has 0 spiro atoms. The number of nitrogens with two attached hydrogens (primary N) is 1. The Morgan fingerprint density at radius 3 is 3.08 bits per heavy atom. The second kappa shape index (κ2) is 4.29. The lowest BCUT2D eigenvalue weighted by molar-refractivity contribution is -0.137. The first kappa shape index (κ1) is 10.1. The fraction of sp³-hybridized carbons (Fsp3) is 0.429. The van der Waals surface area contributed by atoms with Crippen molar-refractivity contribution in [2.24, 2.45) is 5.84 Å². The highest BCUT2D eigenvalue weighted by atomic mass is 32.2. The average Bonchev–Trinajstić information content (AvgIpc) is 2.37. The maximum absolute atomic E-state index is 11.0. The topological polar surface area (TPSA) is 79.4 Å². The highest BCUT2D eigenvalue weighted by Crippen LogP contribution is 2.22.